The number of sulfonamides is 1. The predicted octanol–water partition coefficient (Wildman–Crippen LogP) is 5.21. The Hall–Kier alpha value is -2.68. The van der Waals surface area contributed by atoms with E-state index in [4.69, 9.17) is 16.3 Å². The number of carbonyl (C=O) groups excluding carboxylic acids is 1. The van der Waals surface area contributed by atoms with Crippen LogP contribution < -0.4 is 14.4 Å². The lowest BCUT2D eigenvalue weighted by molar-refractivity contribution is -0.114. The number of benzene rings is 3. The van der Waals surface area contributed by atoms with Gasteiger partial charge in [-0.2, -0.15) is 0 Å². The second-order valence-electron chi connectivity index (χ2n) is 6.89. The lowest BCUT2D eigenvalue weighted by Gasteiger charge is -2.25. The largest absolute Gasteiger partial charge is 0.495 e. The molecule has 6 nitrogen and oxygen atoms in total. The third kappa shape index (κ3) is 5.38. The lowest BCUT2D eigenvalue weighted by atomic mass is 10.2. The summed E-state index contributed by atoms with van der Waals surface area (Å²) >= 11 is 7.73. The minimum Gasteiger partial charge on any atom is -0.495 e. The summed E-state index contributed by atoms with van der Waals surface area (Å²) in [4.78, 5) is 13.9. The van der Waals surface area contributed by atoms with Crippen molar-refractivity contribution in [3.05, 3.63) is 77.3 Å². The summed E-state index contributed by atoms with van der Waals surface area (Å²) in [6.07, 6.45) is 1.90. The minimum absolute atomic E-state index is 0.0763. The maximum atomic E-state index is 13.5. The zero-order valence-electron chi connectivity index (χ0n) is 17.8. The number of thioether (sulfide) groups is 1. The Morgan fingerprint density at radius 2 is 1.78 bits per heavy atom. The predicted molar refractivity (Wildman–Crippen MR) is 131 cm³/mol. The number of ether oxygens (including phenoxy) is 1. The first-order valence-corrected chi connectivity index (χ1v) is 12.7. The molecule has 0 spiro atoms. The highest BCUT2D eigenvalue weighted by Crippen LogP contribution is 2.32. The van der Waals surface area contributed by atoms with Crippen LogP contribution in [0.2, 0.25) is 5.02 Å². The molecule has 0 aliphatic heterocycles. The average molecular weight is 491 g/mol. The van der Waals surface area contributed by atoms with Crippen molar-refractivity contribution >= 4 is 50.7 Å². The van der Waals surface area contributed by atoms with E-state index in [-0.39, 0.29) is 15.6 Å². The zero-order valence-corrected chi connectivity index (χ0v) is 20.2. The maximum Gasteiger partial charge on any atom is 0.264 e. The van der Waals surface area contributed by atoms with Gasteiger partial charge in [0.15, 0.2) is 0 Å². The van der Waals surface area contributed by atoms with Gasteiger partial charge in [-0.25, -0.2) is 8.42 Å². The SMILES string of the molecule is COc1ccc(N(CC(=O)Nc2ccccc2SC)S(=O)(=O)c2ccc(C)cc2)cc1Cl. The number of aryl methyl sites for hydroxylation is 1. The summed E-state index contributed by atoms with van der Waals surface area (Å²) in [5, 5.41) is 3.05. The summed E-state index contributed by atoms with van der Waals surface area (Å²) in [7, 11) is -2.57. The molecule has 0 unspecified atom stereocenters. The molecule has 0 aromatic heterocycles. The van der Waals surface area contributed by atoms with E-state index in [9.17, 15) is 13.2 Å². The first-order chi connectivity index (χ1) is 15.3. The number of nitrogens with zero attached hydrogens (tertiary/aromatic N) is 1. The van der Waals surface area contributed by atoms with Crippen LogP contribution in [-0.4, -0.2) is 34.2 Å². The van der Waals surface area contributed by atoms with Crippen molar-refractivity contribution in [1.29, 1.82) is 0 Å². The molecule has 0 saturated carbocycles. The van der Waals surface area contributed by atoms with E-state index < -0.39 is 22.5 Å². The minimum atomic E-state index is -4.04. The molecule has 3 aromatic carbocycles. The van der Waals surface area contributed by atoms with Crippen LogP contribution in [0.4, 0.5) is 11.4 Å². The molecule has 0 saturated heterocycles. The zero-order chi connectivity index (χ0) is 23.3. The molecule has 3 aromatic rings. The van der Waals surface area contributed by atoms with E-state index in [1.54, 1.807) is 36.4 Å². The normalized spacial score (nSPS) is 11.1. The highest BCUT2D eigenvalue weighted by Gasteiger charge is 2.28. The van der Waals surface area contributed by atoms with Gasteiger partial charge in [0.2, 0.25) is 5.91 Å². The van der Waals surface area contributed by atoms with Gasteiger partial charge in [-0.1, -0.05) is 41.4 Å². The van der Waals surface area contributed by atoms with Gasteiger partial charge in [-0.3, -0.25) is 9.10 Å². The van der Waals surface area contributed by atoms with Gasteiger partial charge in [0, 0.05) is 4.90 Å². The molecular formula is C23H23ClN2O4S2. The summed E-state index contributed by atoms with van der Waals surface area (Å²) in [6, 6.07) is 18.4. The van der Waals surface area contributed by atoms with Crippen molar-refractivity contribution in [1.82, 2.24) is 0 Å². The number of methoxy groups -OCH3 is 1. The Balaban J connectivity index is 1.99. The second-order valence-corrected chi connectivity index (χ2v) is 10.0. The van der Waals surface area contributed by atoms with Crippen LogP contribution in [-0.2, 0) is 14.8 Å². The van der Waals surface area contributed by atoms with Crippen molar-refractivity contribution in [3.8, 4) is 5.75 Å². The molecule has 1 amide bonds. The molecule has 0 heterocycles. The fourth-order valence-electron chi connectivity index (χ4n) is 3.03. The van der Waals surface area contributed by atoms with Crippen LogP contribution in [0, 0.1) is 6.92 Å². The van der Waals surface area contributed by atoms with E-state index in [1.807, 2.05) is 25.3 Å². The van der Waals surface area contributed by atoms with Crippen molar-refractivity contribution in [3.63, 3.8) is 0 Å². The Labute approximate surface area is 197 Å². The van der Waals surface area contributed by atoms with Gasteiger partial charge in [-0.05, 0) is 55.6 Å². The van der Waals surface area contributed by atoms with Crippen LogP contribution in [0.5, 0.6) is 5.75 Å². The molecule has 3 rings (SSSR count). The third-order valence-electron chi connectivity index (χ3n) is 4.70. The average Bonchev–Trinajstić information content (AvgIpc) is 2.78. The van der Waals surface area contributed by atoms with Gasteiger partial charge < -0.3 is 10.1 Å². The summed E-state index contributed by atoms with van der Waals surface area (Å²) in [5.74, 6) is -0.0735. The number of hydrogen-bond acceptors (Lipinski definition) is 5. The fourth-order valence-corrected chi connectivity index (χ4v) is 5.25. The third-order valence-corrected chi connectivity index (χ3v) is 7.58. The topological polar surface area (TPSA) is 75.7 Å². The Morgan fingerprint density at radius 3 is 2.41 bits per heavy atom. The van der Waals surface area contributed by atoms with E-state index in [2.05, 4.69) is 5.32 Å². The molecule has 0 fully saturated rings. The number of hydrogen-bond donors (Lipinski definition) is 1. The number of para-hydroxylation sites is 1. The Kier molecular flexibility index (Phi) is 7.71. The fraction of sp³-hybridized carbons (Fsp3) is 0.174. The van der Waals surface area contributed by atoms with Crippen LogP contribution in [0.15, 0.2) is 76.5 Å². The Morgan fingerprint density at radius 1 is 1.09 bits per heavy atom. The van der Waals surface area contributed by atoms with Crippen LogP contribution >= 0.6 is 23.4 Å². The highest BCUT2D eigenvalue weighted by molar-refractivity contribution is 7.98. The van der Waals surface area contributed by atoms with Gasteiger partial charge in [0.05, 0.1) is 28.4 Å². The molecule has 168 valence electrons. The van der Waals surface area contributed by atoms with E-state index >= 15 is 0 Å². The van der Waals surface area contributed by atoms with Crippen LogP contribution in [0.3, 0.4) is 0 Å². The number of rotatable bonds is 8. The number of anilines is 2. The van der Waals surface area contributed by atoms with Crippen molar-refractivity contribution in [2.45, 2.75) is 16.7 Å². The molecule has 0 radical (unpaired) electrons. The van der Waals surface area contributed by atoms with Gasteiger partial charge in [0.1, 0.15) is 12.3 Å². The smallest absolute Gasteiger partial charge is 0.264 e. The summed E-state index contributed by atoms with van der Waals surface area (Å²) in [6.45, 7) is 1.44. The number of halogens is 1. The van der Waals surface area contributed by atoms with E-state index in [0.717, 1.165) is 14.8 Å². The molecule has 9 heteroatoms. The van der Waals surface area contributed by atoms with Crippen molar-refractivity contribution < 1.29 is 17.9 Å². The molecule has 0 aliphatic rings. The van der Waals surface area contributed by atoms with Gasteiger partial charge in [-0.15, -0.1) is 11.8 Å². The monoisotopic (exact) mass is 490 g/mol. The molecule has 1 N–H and O–H groups in total. The standard InChI is InChI=1S/C23H23ClN2O4S2/c1-16-8-11-18(12-9-16)32(28,29)26(17-10-13-21(30-2)19(24)14-17)15-23(27)25-20-6-4-5-7-22(20)31-3/h4-14H,15H2,1-3H3,(H,25,27). The van der Waals surface area contributed by atoms with Crippen LogP contribution in [0.1, 0.15) is 5.56 Å². The molecule has 32 heavy (non-hydrogen) atoms. The summed E-state index contributed by atoms with van der Waals surface area (Å²) in [5.41, 5.74) is 1.80. The number of nitrogens with one attached hydrogen (secondary N) is 1. The highest BCUT2D eigenvalue weighted by atomic mass is 35.5. The summed E-state index contributed by atoms with van der Waals surface area (Å²) < 4.78 is 33.2. The second kappa shape index (κ2) is 10.3. The van der Waals surface area contributed by atoms with Crippen molar-refractivity contribution in [2.75, 3.05) is 29.5 Å². The lowest BCUT2D eigenvalue weighted by Crippen LogP contribution is -2.38. The van der Waals surface area contributed by atoms with Crippen molar-refractivity contribution in [2.24, 2.45) is 0 Å². The maximum absolute atomic E-state index is 13.5. The number of carbonyl (C=O) groups is 1. The van der Waals surface area contributed by atoms with Crippen LogP contribution in [0.25, 0.3) is 0 Å². The number of amides is 1. The quantitative estimate of drug-likeness (QED) is 0.438. The van der Waals surface area contributed by atoms with E-state index in [1.165, 1.54) is 37.1 Å². The first kappa shape index (κ1) is 24.0. The van der Waals surface area contributed by atoms with E-state index in [0.29, 0.717) is 11.4 Å². The molecule has 0 atom stereocenters. The molecular weight excluding hydrogens is 468 g/mol. The van der Waals surface area contributed by atoms with Gasteiger partial charge in [0.25, 0.3) is 10.0 Å². The Bertz CT molecular complexity index is 1210. The first-order valence-electron chi connectivity index (χ1n) is 9.62. The molecule has 0 aliphatic carbocycles. The van der Waals surface area contributed by atoms with Gasteiger partial charge >= 0.3 is 0 Å². The molecule has 0 bridgehead atoms.